The van der Waals surface area contributed by atoms with Gasteiger partial charge in [0.15, 0.2) is 17.4 Å². The Morgan fingerprint density at radius 1 is 1.19 bits per heavy atom. The summed E-state index contributed by atoms with van der Waals surface area (Å²) in [6.07, 6.45) is 4.48. The van der Waals surface area contributed by atoms with Crippen LogP contribution in [0.25, 0.3) is 11.6 Å². The summed E-state index contributed by atoms with van der Waals surface area (Å²) in [5.41, 5.74) is -0.240. The summed E-state index contributed by atoms with van der Waals surface area (Å²) in [6, 6.07) is 9.11. The zero-order chi connectivity index (χ0) is 18.9. The second-order valence-corrected chi connectivity index (χ2v) is 6.19. The predicted octanol–water partition coefficient (Wildman–Crippen LogP) is 1.91. The molecule has 0 unspecified atom stereocenters. The molecular formula is C18H14FN5O3. The maximum atomic E-state index is 12.7. The van der Waals surface area contributed by atoms with Gasteiger partial charge in [0, 0.05) is 23.0 Å². The topological polar surface area (TPSA) is 110 Å². The Hall–Kier alpha value is -3.62. The van der Waals surface area contributed by atoms with Gasteiger partial charge in [0.1, 0.15) is 5.69 Å². The highest BCUT2D eigenvalue weighted by molar-refractivity contribution is 5.93. The van der Waals surface area contributed by atoms with Crippen LogP contribution in [-0.4, -0.2) is 25.8 Å². The molecule has 9 heteroatoms. The van der Waals surface area contributed by atoms with E-state index < -0.39 is 17.0 Å². The van der Waals surface area contributed by atoms with Crippen molar-refractivity contribution >= 4 is 5.91 Å². The second-order valence-electron chi connectivity index (χ2n) is 6.19. The number of halogens is 1. The van der Waals surface area contributed by atoms with E-state index in [2.05, 4.69) is 30.2 Å². The highest BCUT2D eigenvalue weighted by Crippen LogP contribution is 2.46. The molecule has 136 valence electrons. The van der Waals surface area contributed by atoms with Gasteiger partial charge in [0.2, 0.25) is 0 Å². The zero-order valence-electron chi connectivity index (χ0n) is 14.0. The van der Waals surface area contributed by atoms with Gasteiger partial charge in [-0.3, -0.25) is 14.5 Å². The molecule has 1 aromatic carbocycles. The zero-order valence-corrected chi connectivity index (χ0v) is 14.0. The molecule has 2 N–H and O–H groups in total. The first kappa shape index (κ1) is 16.8. The molecule has 0 spiro atoms. The third kappa shape index (κ3) is 3.39. The molecule has 0 atom stereocenters. The molecule has 2 heterocycles. The second kappa shape index (κ2) is 6.60. The number of aromatic amines is 1. The van der Waals surface area contributed by atoms with E-state index in [1.54, 1.807) is 18.2 Å². The lowest BCUT2D eigenvalue weighted by Crippen LogP contribution is -2.36. The number of hydrogen-bond acceptors (Lipinski definition) is 6. The Labute approximate surface area is 152 Å². The summed E-state index contributed by atoms with van der Waals surface area (Å²) in [5.74, 6) is -0.0685. The Kier molecular flexibility index (Phi) is 4.11. The summed E-state index contributed by atoms with van der Waals surface area (Å²) < 4.78 is 12.2. The van der Waals surface area contributed by atoms with E-state index in [4.69, 9.17) is 0 Å². The van der Waals surface area contributed by atoms with Crippen molar-refractivity contribution in [3.63, 3.8) is 0 Å². The molecule has 0 saturated heterocycles. The van der Waals surface area contributed by atoms with E-state index in [-0.39, 0.29) is 23.1 Å². The maximum absolute atomic E-state index is 12.7. The normalized spacial score (nSPS) is 14.4. The van der Waals surface area contributed by atoms with Crippen LogP contribution in [0.1, 0.15) is 28.9 Å². The minimum atomic E-state index is -0.556. The van der Waals surface area contributed by atoms with Crippen molar-refractivity contribution in [3.05, 3.63) is 70.4 Å². The highest BCUT2D eigenvalue weighted by atomic mass is 19.3. The van der Waals surface area contributed by atoms with E-state index in [9.17, 15) is 14.1 Å². The molecule has 27 heavy (non-hydrogen) atoms. The summed E-state index contributed by atoms with van der Waals surface area (Å²) >= 11 is 0. The van der Waals surface area contributed by atoms with Crippen LogP contribution in [0.15, 0.2) is 53.6 Å². The fourth-order valence-electron chi connectivity index (χ4n) is 2.82. The molecule has 1 fully saturated rings. The summed E-state index contributed by atoms with van der Waals surface area (Å²) in [4.78, 5) is 43.0. The first-order chi connectivity index (χ1) is 13.1. The molecule has 3 aromatic rings. The van der Waals surface area contributed by atoms with Gasteiger partial charge in [-0.15, -0.1) is 0 Å². The van der Waals surface area contributed by atoms with Crippen molar-refractivity contribution in [3.8, 4) is 17.4 Å². The van der Waals surface area contributed by atoms with Gasteiger partial charge in [0.05, 0.1) is 5.54 Å². The minimum Gasteiger partial charge on any atom is -0.341 e. The van der Waals surface area contributed by atoms with Gasteiger partial charge in [-0.1, -0.05) is 12.1 Å². The van der Waals surface area contributed by atoms with E-state index in [0.717, 1.165) is 24.5 Å². The van der Waals surface area contributed by atoms with Gasteiger partial charge in [-0.25, -0.2) is 15.0 Å². The van der Waals surface area contributed by atoms with E-state index in [1.165, 1.54) is 24.5 Å². The van der Waals surface area contributed by atoms with E-state index >= 15 is 0 Å². The lowest BCUT2D eigenvalue weighted by Gasteiger charge is -2.18. The number of nitrogens with zero attached hydrogens (tertiary/aromatic N) is 3. The number of hydrogen-bond donors (Lipinski definition) is 2. The molecule has 0 radical (unpaired) electrons. The lowest BCUT2D eigenvalue weighted by molar-refractivity contribution is -0.00623. The van der Waals surface area contributed by atoms with Crippen LogP contribution in [0.4, 0.5) is 4.53 Å². The molecule has 1 amide bonds. The van der Waals surface area contributed by atoms with Gasteiger partial charge < -0.3 is 10.3 Å². The van der Waals surface area contributed by atoms with Gasteiger partial charge in [-0.2, -0.15) is 0 Å². The largest absolute Gasteiger partial charge is 0.341 e. The lowest BCUT2D eigenvalue weighted by atomic mass is 10.0. The Morgan fingerprint density at radius 3 is 2.52 bits per heavy atom. The van der Waals surface area contributed by atoms with Crippen molar-refractivity contribution < 1.29 is 14.3 Å². The fourth-order valence-corrected chi connectivity index (χ4v) is 2.82. The average molecular weight is 367 g/mol. The standard InChI is InChI=1S/C18H14FN5O3/c19-27-12-4-2-11(3-5-12)18(6-7-18)24-17(26)13-10-14(25)23-16(22-13)15-20-8-1-9-21-15/h1-5,8-10H,6-7H2,(H,24,26)(H,22,23,25). The quantitative estimate of drug-likeness (QED) is 0.713. The molecule has 8 nitrogen and oxygen atoms in total. The van der Waals surface area contributed by atoms with Crippen molar-refractivity contribution in [1.82, 2.24) is 25.3 Å². The minimum absolute atomic E-state index is 0.0313. The predicted molar refractivity (Wildman–Crippen MR) is 92.4 cm³/mol. The molecule has 2 aromatic heterocycles. The van der Waals surface area contributed by atoms with Crippen LogP contribution in [0, 0.1) is 0 Å². The highest BCUT2D eigenvalue weighted by Gasteiger charge is 2.46. The molecule has 1 aliphatic rings. The Bertz CT molecular complexity index is 1030. The summed E-state index contributed by atoms with van der Waals surface area (Å²) in [5, 5.41) is 2.91. The van der Waals surface area contributed by atoms with E-state index in [0.29, 0.717) is 0 Å². The number of carbonyl (C=O) groups is 1. The number of carbonyl (C=O) groups excluding carboxylic acids is 1. The molecule has 4 rings (SSSR count). The first-order valence-electron chi connectivity index (χ1n) is 8.20. The third-order valence-electron chi connectivity index (χ3n) is 4.35. The van der Waals surface area contributed by atoms with Crippen LogP contribution >= 0.6 is 0 Å². The number of amides is 1. The number of benzene rings is 1. The number of aromatic nitrogens is 4. The van der Waals surface area contributed by atoms with E-state index in [1.807, 2.05) is 0 Å². The Morgan fingerprint density at radius 2 is 1.89 bits per heavy atom. The summed E-state index contributed by atoms with van der Waals surface area (Å²) in [7, 11) is 0. The van der Waals surface area contributed by atoms with Crippen molar-refractivity contribution in [1.29, 1.82) is 0 Å². The third-order valence-corrected chi connectivity index (χ3v) is 4.35. The number of rotatable bonds is 5. The molecule has 0 bridgehead atoms. The van der Waals surface area contributed by atoms with Crippen LogP contribution in [0.5, 0.6) is 5.75 Å². The smallest absolute Gasteiger partial charge is 0.270 e. The number of nitrogens with one attached hydrogen (secondary N) is 2. The monoisotopic (exact) mass is 367 g/mol. The van der Waals surface area contributed by atoms with Crippen LogP contribution in [-0.2, 0) is 5.54 Å². The first-order valence-corrected chi connectivity index (χ1v) is 8.20. The molecule has 1 saturated carbocycles. The van der Waals surface area contributed by atoms with Crippen molar-refractivity contribution in [2.45, 2.75) is 18.4 Å². The molecular weight excluding hydrogens is 353 g/mol. The van der Waals surface area contributed by atoms with Gasteiger partial charge >= 0.3 is 0 Å². The van der Waals surface area contributed by atoms with Crippen molar-refractivity contribution in [2.75, 3.05) is 0 Å². The SMILES string of the molecule is O=C(NC1(c2ccc(OF)cc2)CC1)c1cc(=O)[nH]c(-c2ncccn2)n1. The van der Waals surface area contributed by atoms with Gasteiger partial charge in [-0.05, 0) is 36.6 Å². The summed E-state index contributed by atoms with van der Waals surface area (Å²) in [6.45, 7) is 0. The van der Waals surface area contributed by atoms with Crippen molar-refractivity contribution in [2.24, 2.45) is 0 Å². The molecule has 1 aliphatic carbocycles. The average Bonchev–Trinajstić information content (AvgIpc) is 3.49. The van der Waals surface area contributed by atoms with Gasteiger partial charge in [0.25, 0.3) is 11.5 Å². The van der Waals surface area contributed by atoms with Crippen LogP contribution < -0.4 is 15.8 Å². The maximum Gasteiger partial charge on any atom is 0.270 e. The fraction of sp³-hybridized carbons (Fsp3) is 0.167. The molecule has 0 aliphatic heterocycles. The van der Waals surface area contributed by atoms with Crippen LogP contribution in [0.2, 0.25) is 0 Å². The number of H-pyrrole nitrogens is 1. The van der Waals surface area contributed by atoms with Crippen LogP contribution in [0.3, 0.4) is 0 Å². The Balaban J connectivity index is 1.60.